The molecule has 2 N–H and O–H groups in total. The number of carbonyl (C=O) groups is 1. The Balaban J connectivity index is 1.46. The zero-order valence-corrected chi connectivity index (χ0v) is 23.3. The third-order valence-corrected chi connectivity index (χ3v) is 6.69. The minimum Gasteiger partial charge on any atom is -0.494 e. The van der Waals surface area contributed by atoms with Gasteiger partial charge in [0.25, 0.3) is 0 Å². The maximum Gasteiger partial charge on any atom is 0.247 e. The number of aryl methyl sites for hydroxylation is 1. The fourth-order valence-corrected chi connectivity index (χ4v) is 4.46. The molecular weight excluding hydrogens is 506 g/mol. The van der Waals surface area contributed by atoms with Crippen molar-refractivity contribution in [2.24, 2.45) is 7.05 Å². The van der Waals surface area contributed by atoms with Crippen molar-refractivity contribution in [2.45, 2.75) is 0 Å². The summed E-state index contributed by atoms with van der Waals surface area (Å²) in [6, 6.07) is 9.87. The first-order chi connectivity index (χ1) is 19.2. The highest BCUT2D eigenvalue weighted by Gasteiger charge is 2.17. The van der Waals surface area contributed by atoms with Gasteiger partial charge in [-0.05, 0) is 44.4 Å². The Kier molecular flexibility index (Phi) is 7.39. The molecule has 1 aromatic carbocycles. The van der Waals surface area contributed by atoms with Crippen molar-refractivity contribution in [2.75, 3.05) is 56.9 Å². The maximum atomic E-state index is 12.2. The Morgan fingerprint density at radius 2 is 1.93 bits per heavy atom. The van der Waals surface area contributed by atoms with Crippen LogP contribution in [0.2, 0.25) is 0 Å². The van der Waals surface area contributed by atoms with E-state index in [1.165, 1.54) is 6.08 Å². The van der Waals surface area contributed by atoms with E-state index in [1.807, 2.05) is 80.0 Å². The van der Waals surface area contributed by atoms with Crippen LogP contribution in [-0.2, 0) is 11.8 Å². The number of anilines is 4. The molecule has 1 amide bonds. The molecule has 0 saturated heterocycles. The summed E-state index contributed by atoms with van der Waals surface area (Å²) in [5, 5.41) is 7.25. The van der Waals surface area contributed by atoms with Gasteiger partial charge in [0.1, 0.15) is 23.4 Å². The third-order valence-electron chi connectivity index (χ3n) is 6.69. The Labute approximate surface area is 232 Å². The fourth-order valence-electron chi connectivity index (χ4n) is 4.46. The quantitative estimate of drug-likeness (QED) is 0.255. The first-order valence-corrected chi connectivity index (χ1v) is 12.8. The number of methoxy groups -OCH3 is 1. The standard InChI is InChI=1S/C29H33N9O2/c1-7-27(39)32-22-14-23(25(40-6)15-24(22)36(4)11-10-35(2)3)33-29-31-18-38-17-21(13-26(38)34-29)20-12-19-8-9-37(5)28(19)30-16-20/h7-9,12-18H,1,10-11H2,2-6H3,(H,32,39)(H,33,34). The zero-order chi connectivity index (χ0) is 28.4. The summed E-state index contributed by atoms with van der Waals surface area (Å²) >= 11 is 0. The number of amides is 1. The summed E-state index contributed by atoms with van der Waals surface area (Å²) in [5.74, 6) is 0.673. The van der Waals surface area contributed by atoms with Crippen LogP contribution in [0.5, 0.6) is 5.75 Å². The number of pyridine rings is 1. The normalized spacial score (nSPS) is 11.2. The number of nitrogens with one attached hydrogen (secondary N) is 2. The number of aromatic nitrogens is 5. The summed E-state index contributed by atoms with van der Waals surface area (Å²) in [7, 11) is 9.60. The smallest absolute Gasteiger partial charge is 0.247 e. The average molecular weight is 540 g/mol. The number of nitrogens with zero attached hydrogens (tertiary/aromatic N) is 7. The van der Waals surface area contributed by atoms with Crippen molar-refractivity contribution in [3.63, 3.8) is 0 Å². The second-order valence-corrected chi connectivity index (χ2v) is 9.85. The highest BCUT2D eigenvalue weighted by molar-refractivity contribution is 6.02. The van der Waals surface area contributed by atoms with E-state index in [4.69, 9.17) is 9.72 Å². The van der Waals surface area contributed by atoms with Crippen molar-refractivity contribution in [1.82, 2.24) is 28.8 Å². The molecule has 0 radical (unpaired) electrons. The SMILES string of the molecule is C=CC(=O)Nc1cc(Nc2ncn3cc(-c4cnc5c(ccn5C)c4)cc3n2)c(OC)cc1N(C)CCN(C)C. The zero-order valence-electron chi connectivity index (χ0n) is 23.3. The van der Waals surface area contributed by atoms with Gasteiger partial charge in [-0.15, -0.1) is 0 Å². The molecule has 4 heterocycles. The van der Waals surface area contributed by atoms with Gasteiger partial charge in [0.2, 0.25) is 11.9 Å². The van der Waals surface area contributed by atoms with Gasteiger partial charge in [0.15, 0.2) is 0 Å². The Morgan fingerprint density at radius 1 is 1.10 bits per heavy atom. The lowest BCUT2D eigenvalue weighted by atomic mass is 10.1. The first kappa shape index (κ1) is 26.7. The third kappa shape index (κ3) is 5.45. The Bertz CT molecular complexity index is 1700. The maximum absolute atomic E-state index is 12.2. The number of ether oxygens (including phenoxy) is 1. The van der Waals surface area contributed by atoms with Crippen molar-refractivity contribution in [3.05, 3.63) is 67.9 Å². The van der Waals surface area contributed by atoms with Crippen LogP contribution in [0.1, 0.15) is 0 Å². The molecule has 40 heavy (non-hydrogen) atoms. The van der Waals surface area contributed by atoms with E-state index in [2.05, 4.69) is 43.0 Å². The summed E-state index contributed by atoms with van der Waals surface area (Å²) in [4.78, 5) is 30.2. The van der Waals surface area contributed by atoms with Crippen LogP contribution in [0.3, 0.4) is 0 Å². The van der Waals surface area contributed by atoms with Gasteiger partial charge in [-0.25, -0.2) is 9.97 Å². The van der Waals surface area contributed by atoms with Gasteiger partial charge < -0.3 is 29.7 Å². The lowest BCUT2D eigenvalue weighted by Gasteiger charge is -2.25. The molecule has 0 fully saturated rings. The van der Waals surface area contributed by atoms with Crippen molar-refractivity contribution in [3.8, 4) is 16.9 Å². The largest absolute Gasteiger partial charge is 0.494 e. The number of carbonyl (C=O) groups excluding carboxylic acids is 1. The van der Waals surface area contributed by atoms with Crippen molar-refractivity contribution in [1.29, 1.82) is 0 Å². The summed E-state index contributed by atoms with van der Waals surface area (Å²) in [6.07, 6.45) is 8.79. The van der Waals surface area contributed by atoms with Gasteiger partial charge in [0, 0.05) is 68.4 Å². The predicted octanol–water partition coefficient (Wildman–Crippen LogP) is 4.16. The highest BCUT2D eigenvalue weighted by Crippen LogP contribution is 2.38. The number of hydrogen-bond acceptors (Lipinski definition) is 8. The van der Waals surface area contributed by atoms with E-state index in [-0.39, 0.29) is 5.91 Å². The summed E-state index contributed by atoms with van der Waals surface area (Å²) < 4.78 is 9.57. The van der Waals surface area contributed by atoms with E-state index in [9.17, 15) is 4.79 Å². The monoisotopic (exact) mass is 539 g/mol. The average Bonchev–Trinajstić information content (AvgIpc) is 3.54. The number of rotatable bonds is 10. The molecule has 0 aliphatic carbocycles. The summed E-state index contributed by atoms with van der Waals surface area (Å²) in [5.41, 5.74) is 5.69. The second-order valence-electron chi connectivity index (χ2n) is 9.85. The number of fused-ring (bicyclic) bond motifs is 2. The molecule has 4 aromatic heterocycles. The number of benzene rings is 1. The van der Waals surface area contributed by atoms with Crippen molar-refractivity contribution < 1.29 is 9.53 Å². The molecule has 0 aliphatic heterocycles. The van der Waals surface area contributed by atoms with E-state index in [0.717, 1.165) is 46.6 Å². The van der Waals surface area contributed by atoms with Crippen LogP contribution in [0.4, 0.5) is 23.0 Å². The van der Waals surface area contributed by atoms with E-state index >= 15 is 0 Å². The first-order valence-electron chi connectivity index (χ1n) is 12.8. The Hall–Kier alpha value is -4.90. The molecule has 206 valence electrons. The number of hydrogen-bond donors (Lipinski definition) is 2. The molecule has 0 saturated carbocycles. The molecule has 11 heteroatoms. The molecular formula is C29H33N9O2. The van der Waals surface area contributed by atoms with Crippen molar-refractivity contribution >= 4 is 45.6 Å². The lowest BCUT2D eigenvalue weighted by Crippen LogP contribution is -2.29. The van der Waals surface area contributed by atoms with Gasteiger partial charge in [-0.2, -0.15) is 4.98 Å². The van der Waals surface area contributed by atoms with Crippen LogP contribution >= 0.6 is 0 Å². The van der Waals surface area contributed by atoms with Crippen LogP contribution in [-0.4, -0.2) is 76.1 Å². The molecule has 11 nitrogen and oxygen atoms in total. The highest BCUT2D eigenvalue weighted by atomic mass is 16.5. The van der Waals surface area contributed by atoms with Crippen LogP contribution < -0.4 is 20.3 Å². The topological polar surface area (TPSA) is 105 Å². The molecule has 0 atom stereocenters. The molecule has 5 aromatic rings. The van der Waals surface area contributed by atoms with Gasteiger partial charge in [0.05, 0.1) is 24.2 Å². The van der Waals surface area contributed by atoms with E-state index in [0.29, 0.717) is 23.1 Å². The van der Waals surface area contributed by atoms with Gasteiger partial charge in [-0.3, -0.25) is 9.20 Å². The van der Waals surface area contributed by atoms with E-state index < -0.39 is 0 Å². The van der Waals surface area contributed by atoms with Gasteiger partial charge >= 0.3 is 0 Å². The minimum absolute atomic E-state index is 0.306. The fraction of sp³-hybridized carbons (Fsp3) is 0.241. The number of likely N-dealkylation sites (N-methyl/N-ethyl adjacent to an activating group) is 2. The van der Waals surface area contributed by atoms with Crippen LogP contribution in [0.25, 0.3) is 27.8 Å². The predicted molar refractivity (Wildman–Crippen MR) is 160 cm³/mol. The molecule has 0 bridgehead atoms. The minimum atomic E-state index is -0.306. The van der Waals surface area contributed by atoms with Crippen LogP contribution in [0.15, 0.2) is 67.9 Å². The molecule has 0 unspecified atom stereocenters. The Morgan fingerprint density at radius 3 is 2.67 bits per heavy atom. The lowest BCUT2D eigenvalue weighted by molar-refractivity contribution is -0.111. The molecule has 0 spiro atoms. The molecule has 5 rings (SSSR count). The van der Waals surface area contributed by atoms with Crippen LogP contribution in [0, 0.1) is 0 Å². The van der Waals surface area contributed by atoms with Gasteiger partial charge in [-0.1, -0.05) is 6.58 Å². The second kappa shape index (κ2) is 11.1. The van der Waals surface area contributed by atoms with E-state index in [1.54, 1.807) is 13.4 Å². The molecule has 0 aliphatic rings. The summed E-state index contributed by atoms with van der Waals surface area (Å²) in [6.45, 7) is 5.18.